The van der Waals surface area contributed by atoms with Crippen LogP contribution in [0.1, 0.15) is 52.1 Å². The Labute approximate surface area is 135 Å². The molecule has 0 saturated carbocycles. The predicted molar refractivity (Wildman–Crippen MR) is 88.2 cm³/mol. The standard InChI is InChI=1S/C17H24BrNO2/c1-12-5-10-15(13-6-8-14(18)9-7-13)19(11-12)16(20)21-17(2,3)4/h6-9,12,15H,5,10-11H2,1-4H3/t12-,15+/m1/s1. The van der Waals surface area contributed by atoms with Crippen molar-refractivity contribution in [3.63, 3.8) is 0 Å². The Morgan fingerprint density at radius 2 is 1.86 bits per heavy atom. The third-order valence-corrected chi connectivity index (χ3v) is 4.23. The number of piperidine rings is 1. The van der Waals surface area contributed by atoms with Crippen molar-refractivity contribution in [2.24, 2.45) is 5.92 Å². The van der Waals surface area contributed by atoms with E-state index < -0.39 is 5.60 Å². The number of carbonyl (C=O) groups is 1. The normalized spacial score (nSPS) is 23.0. The van der Waals surface area contributed by atoms with Crippen LogP contribution in [0.2, 0.25) is 0 Å². The van der Waals surface area contributed by atoms with E-state index in [1.165, 1.54) is 5.56 Å². The fourth-order valence-corrected chi connectivity index (χ4v) is 2.97. The minimum absolute atomic E-state index is 0.115. The van der Waals surface area contributed by atoms with E-state index in [0.717, 1.165) is 23.9 Å². The van der Waals surface area contributed by atoms with Gasteiger partial charge in [-0.15, -0.1) is 0 Å². The van der Waals surface area contributed by atoms with Crippen LogP contribution < -0.4 is 0 Å². The van der Waals surface area contributed by atoms with Crippen molar-refractivity contribution in [2.45, 2.75) is 52.2 Å². The van der Waals surface area contributed by atoms with E-state index in [1.54, 1.807) is 0 Å². The van der Waals surface area contributed by atoms with Crippen LogP contribution >= 0.6 is 15.9 Å². The van der Waals surface area contributed by atoms with Gasteiger partial charge in [0.1, 0.15) is 5.60 Å². The maximum atomic E-state index is 12.5. The SMILES string of the molecule is C[C@@H]1CC[C@@H](c2ccc(Br)cc2)N(C(=O)OC(C)(C)C)C1. The maximum absolute atomic E-state index is 12.5. The Kier molecular flexibility index (Phi) is 4.97. The Balaban J connectivity index is 2.21. The van der Waals surface area contributed by atoms with Gasteiger partial charge in [-0.2, -0.15) is 0 Å². The minimum Gasteiger partial charge on any atom is -0.444 e. The van der Waals surface area contributed by atoms with Gasteiger partial charge in [0.25, 0.3) is 0 Å². The van der Waals surface area contributed by atoms with Crippen LogP contribution in [0.15, 0.2) is 28.7 Å². The summed E-state index contributed by atoms with van der Waals surface area (Å²) in [5.74, 6) is 0.518. The molecule has 1 aliphatic rings. The molecule has 0 unspecified atom stereocenters. The molecule has 2 rings (SSSR count). The number of ether oxygens (including phenoxy) is 1. The van der Waals surface area contributed by atoms with Gasteiger partial charge in [0, 0.05) is 11.0 Å². The molecule has 21 heavy (non-hydrogen) atoms. The highest BCUT2D eigenvalue weighted by Crippen LogP contribution is 2.34. The molecule has 1 aromatic rings. The molecule has 0 aliphatic carbocycles. The van der Waals surface area contributed by atoms with Crippen LogP contribution in [0.5, 0.6) is 0 Å². The summed E-state index contributed by atoms with van der Waals surface area (Å²) in [6.45, 7) is 8.68. The number of halogens is 1. The van der Waals surface area contributed by atoms with Gasteiger partial charge < -0.3 is 9.64 Å². The molecule has 2 atom stereocenters. The Bertz CT molecular complexity index is 493. The number of rotatable bonds is 1. The van der Waals surface area contributed by atoms with Crippen molar-refractivity contribution in [1.82, 2.24) is 4.90 Å². The molecule has 1 aromatic carbocycles. The molecule has 0 spiro atoms. The zero-order chi connectivity index (χ0) is 15.6. The molecule has 1 amide bonds. The van der Waals surface area contributed by atoms with Crippen molar-refractivity contribution in [3.05, 3.63) is 34.3 Å². The number of likely N-dealkylation sites (tertiary alicyclic amines) is 1. The van der Waals surface area contributed by atoms with Crippen LogP contribution in [0.3, 0.4) is 0 Å². The average Bonchev–Trinajstić information content (AvgIpc) is 2.38. The molecule has 3 nitrogen and oxygen atoms in total. The number of hydrogen-bond donors (Lipinski definition) is 0. The average molecular weight is 354 g/mol. The first-order chi connectivity index (χ1) is 9.76. The number of hydrogen-bond acceptors (Lipinski definition) is 2. The summed E-state index contributed by atoms with van der Waals surface area (Å²) in [6.07, 6.45) is 1.92. The summed E-state index contributed by atoms with van der Waals surface area (Å²) in [7, 11) is 0. The molecule has 1 fully saturated rings. The van der Waals surface area contributed by atoms with Gasteiger partial charge in [0.2, 0.25) is 0 Å². The van der Waals surface area contributed by atoms with Gasteiger partial charge in [0.05, 0.1) is 6.04 Å². The maximum Gasteiger partial charge on any atom is 0.410 e. The van der Waals surface area contributed by atoms with Crippen molar-refractivity contribution in [3.8, 4) is 0 Å². The van der Waals surface area contributed by atoms with E-state index in [-0.39, 0.29) is 12.1 Å². The summed E-state index contributed by atoms with van der Waals surface area (Å²) in [5.41, 5.74) is 0.720. The molecule has 4 heteroatoms. The largest absolute Gasteiger partial charge is 0.444 e. The van der Waals surface area contributed by atoms with Crippen molar-refractivity contribution in [2.75, 3.05) is 6.54 Å². The highest BCUT2D eigenvalue weighted by atomic mass is 79.9. The third kappa shape index (κ3) is 4.47. The van der Waals surface area contributed by atoms with Gasteiger partial charge in [-0.3, -0.25) is 0 Å². The molecular weight excluding hydrogens is 330 g/mol. The number of nitrogens with zero attached hydrogens (tertiary/aromatic N) is 1. The first kappa shape index (κ1) is 16.3. The zero-order valence-corrected chi connectivity index (χ0v) is 14.8. The van der Waals surface area contributed by atoms with Gasteiger partial charge in [-0.25, -0.2) is 4.79 Å². The second-order valence-corrected chi connectivity index (χ2v) is 7.80. The van der Waals surface area contributed by atoms with Gasteiger partial charge >= 0.3 is 6.09 Å². The minimum atomic E-state index is -0.456. The van der Waals surface area contributed by atoms with Gasteiger partial charge in [0.15, 0.2) is 0 Å². The van der Waals surface area contributed by atoms with Crippen LogP contribution in [0.4, 0.5) is 4.79 Å². The number of carbonyl (C=O) groups excluding carboxylic acids is 1. The lowest BCUT2D eigenvalue weighted by molar-refractivity contribution is 0.00364. The summed E-state index contributed by atoms with van der Waals surface area (Å²) in [5, 5.41) is 0. The zero-order valence-electron chi connectivity index (χ0n) is 13.2. The number of amides is 1. The first-order valence-corrected chi connectivity index (χ1v) is 8.30. The molecule has 1 saturated heterocycles. The lowest BCUT2D eigenvalue weighted by Crippen LogP contribution is -2.44. The van der Waals surface area contributed by atoms with Gasteiger partial charge in [-0.05, 0) is 57.2 Å². The highest BCUT2D eigenvalue weighted by molar-refractivity contribution is 9.10. The summed E-state index contributed by atoms with van der Waals surface area (Å²) >= 11 is 3.46. The van der Waals surface area contributed by atoms with E-state index in [2.05, 4.69) is 35.0 Å². The van der Waals surface area contributed by atoms with Crippen molar-refractivity contribution >= 4 is 22.0 Å². The second-order valence-electron chi connectivity index (χ2n) is 6.88. The first-order valence-electron chi connectivity index (χ1n) is 7.51. The molecule has 0 N–H and O–H groups in total. The fraction of sp³-hybridized carbons (Fsp3) is 0.588. The van der Waals surface area contributed by atoms with Crippen LogP contribution in [0.25, 0.3) is 0 Å². The summed E-state index contributed by atoms with van der Waals surface area (Å²) in [6, 6.07) is 8.34. The number of benzene rings is 1. The fourth-order valence-electron chi connectivity index (χ4n) is 2.71. The Morgan fingerprint density at radius 3 is 2.43 bits per heavy atom. The monoisotopic (exact) mass is 353 g/mol. The van der Waals surface area contributed by atoms with Crippen LogP contribution in [-0.2, 0) is 4.74 Å². The van der Waals surface area contributed by atoms with E-state index in [0.29, 0.717) is 5.92 Å². The van der Waals surface area contributed by atoms with Crippen molar-refractivity contribution in [1.29, 1.82) is 0 Å². The molecule has 0 aromatic heterocycles. The lowest BCUT2D eigenvalue weighted by Gasteiger charge is -2.39. The molecule has 1 aliphatic heterocycles. The molecule has 1 heterocycles. The van der Waals surface area contributed by atoms with E-state index in [4.69, 9.17) is 4.74 Å². The summed E-state index contributed by atoms with van der Waals surface area (Å²) in [4.78, 5) is 14.4. The molecular formula is C17H24BrNO2. The van der Waals surface area contributed by atoms with E-state index in [1.807, 2.05) is 37.8 Å². The predicted octanol–water partition coefficient (Wildman–Crippen LogP) is 5.16. The Morgan fingerprint density at radius 1 is 1.24 bits per heavy atom. The second kappa shape index (κ2) is 6.39. The lowest BCUT2D eigenvalue weighted by atomic mass is 9.90. The molecule has 0 bridgehead atoms. The highest BCUT2D eigenvalue weighted by Gasteiger charge is 2.33. The van der Waals surface area contributed by atoms with Crippen LogP contribution in [-0.4, -0.2) is 23.1 Å². The van der Waals surface area contributed by atoms with Crippen molar-refractivity contribution < 1.29 is 9.53 Å². The smallest absolute Gasteiger partial charge is 0.410 e. The Hall–Kier alpha value is -1.03. The third-order valence-electron chi connectivity index (χ3n) is 3.70. The van der Waals surface area contributed by atoms with Crippen LogP contribution in [0, 0.1) is 5.92 Å². The molecule has 116 valence electrons. The van der Waals surface area contributed by atoms with E-state index in [9.17, 15) is 4.79 Å². The van der Waals surface area contributed by atoms with E-state index >= 15 is 0 Å². The molecule has 0 radical (unpaired) electrons. The van der Waals surface area contributed by atoms with Gasteiger partial charge in [-0.1, -0.05) is 35.0 Å². The summed E-state index contributed by atoms with van der Waals surface area (Å²) < 4.78 is 6.63. The topological polar surface area (TPSA) is 29.5 Å². The quantitative estimate of drug-likeness (QED) is 0.697.